The summed E-state index contributed by atoms with van der Waals surface area (Å²) < 4.78 is 4.97. The first-order chi connectivity index (χ1) is 12.9. The minimum Gasteiger partial charge on any atom is -0.508 e. The van der Waals surface area contributed by atoms with E-state index in [-0.39, 0.29) is 24.0 Å². The topological polar surface area (TPSA) is 121 Å². The third-order valence-corrected chi connectivity index (χ3v) is 5.34. The number of thioether (sulfide) groups is 1. The molecule has 0 radical (unpaired) electrons. The van der Waals surface area contributed by atoms with Gasteiger partial charge in [0, 0.05) is 11.6 Å². The standard InChI is InChI=1S/C17H15N3O5S2/c1-3-25-15(24)13-8(2)18-16(27-13)20-17-19-14(23)12(26-17)6-9-4-5-10(21)7-11(9)22/h4-7,21-22H,3H2,1-2H3,(H,18,19,20,23)/b12-6-. The minimum atomic E-state index is -0.453. The second kappa shape index (κ2) is 7.80. The zero-order valence-electron chi connectivity index (χ0n) is 14.3. The highest BCUT2D eigenvalue weighted by Crippen LogP contribution is 2.33. The Morgan fingerprint density at radius 3 is 2.89 bits per heavy atom. The number of aliphatic imine (C=N–C) groups is 1. The first-order valence-electron chi connectivity index (χ1n) is 7.83. The van der Waals surface area contributed by atoms with Crippen molar-refractivity contribution in [1.29, 1.82) is 0 Å². The molecule has 1 aromatic heterocycles. The SMILES string of the molecule is CCOC(=O)c1sc(N=C2NC(=O)/C(=C/c3ccc(O)cc3O)S2)nc1C. The largest absolute Gasteiger partial charge is 0.508 e. The number of rotatable bonds is 4. The number of hydrogen-bond donors (Lipinski definition) is 3. The number of aromatic nitrogens is 1. The number of nitrogens with one attached hydrogen (secondary N) is 1. The molecule has 0 bridgehead atoms. The van der Waals surface area contributed by atoms with Crippen molar-refractivity contribution in [3.8, 4) is 11.5 Å². The van der Waals surface area contributed by atoms with Gasteiger partial charge in [-0.2, -0.15) is 4.99 Å². The molecule has 2 aromatic rings. The number of carbonyl (C=O) groups excluding carboxylic acids is 2. The maximum absolute atomic E-state index is 12.1. The zero-order valence-corrected chi connectivity index (χ0v) is 16.0. The molecule has 8 nitrogen and oxygen atoms in total. The van der Waals surface area contributed by atoms with Crippen LogP contribution >= 0.6 is 23.1 Å². The van der Waals surface area contributed by atoms with Gasteiger partial charge in [0.1, 0.15) is 16.4 Å². The van der Waals surface area contributed by atoms with E-state index in [1.807, 2.05) is 0 Å². The van der Waals surface area contributed by atoms with E-state index in [4.69, 9.17) is 4.74 Å². The Morgan fingerprint density at radius 2 is 2.19 bits per heavy atom. The molecule has 27 heavy (non-hydrogen) atoms. The second-order valence-electron chi connectivity index (χ2n) is 5.36. The van der Waals surface area contributed by atoms with Crippen LogP contribution in [0.2, 0.25) is 0 Å². The van der Waals surface area contributed by atoms with Gasteiger partial charge in [-0.25, -0.2) is 9.78 Å². The fraction of sp³-hybridized carbons (Fsp3) is 0.176. The van der Waals surface area contributed by atoms with Gasteiger partial charge in [-0.15, -0.1) is 0 Å². The van der Waals surface area contributed by atoms with Crippen LogP contribution in [0.3, 0.4) is 0 Å². The molecule has 1 aromatic carbocycles. The van der Waals surface area contributed by atoms with E-state index in [1.165, 1.54) is 24.3 Å². The van der Waals surface area contributed by atoms with Gasteiger partial charge in [0.15, 0.2) is 5.17 Å². The molecule has 3 N–H and O–H groups in total. The molecule has 0 unspecified atom stereocenters. The first-order valence-corrected chi connectivity index (χ1v) is 9.46. The van der Waals surface area contributed by atoms with Crippen molar-refractivity contribution >= 4 is 51.4 Å². The lowest BCUT2D eigenvalue weighted by atomic mass is 10.2. The number of phenols is 2. The summed E-state index contributed by atoms with van der Waals surface area (Å²) in [6.07, 6.45) is 1.49. The third-order valence-electron chi connectivity index (χ3n) is 3.39. The molecular weight excluding hydrogens is 390 g/mol. The number of hydrogen-bond acceptors (Lipinski definition) is 9. The Bertz CT molecular complexity index is 981. The van der Waals surface area contributed by atoms with Crippen LogP contribution in [0.1, 0.15) is 27.9 Å². The molecule has 140 valence electrons. The summed E-state index contributed by atoms with van der Waals surface area (Å²) in [7, 11) is 0. The van der Waals surface area contributed by atoms with Crippen molar-refractivity contribution in [2.75, 3.05) is 6.61 Å². The average molecular weight is 405 g/mol. The van der Waals surface area contributed by atoms with Gasteiger partial charge in [0.2, 0.25) is 5.13 Å². The van der Waals surface area contributed by atoms with Crippen LogP contribution in [0.5, 0.6) is 11.5 Å². The summed E-state index contributed by atoms with van der Waals surface area (Å²) >= 11 is 2.16. The van der Waals surface area contributed by atoms with Crippen molar-refractivity contribution in [3.63, 3.8) is 0 Å². The lowest BCUT2D eigenvalue weighted by molar-refractivity contribution is -0.115. The molecule has 1 aliphatic rings. The lowest BCUT2D eigenvalue weighted by Gasteiger charge is -2.00. The Kier molecular flexibility index (Phi) is 5.47. The maximum Gasteiger partial charge on any atom is 0.350 e. The predicted octanol–water partition coefficient (Wildman–Crippen LogP) is 2.93. The summed E-state index contributed by atoms with van der Waals surface area (Å²) in [5.41, 5.74) is 0.901. The summed E-state index contributed by atoms with van der Waals surface area (Å²) in [4.78, 5) is 33.1. The van der Waals surface area contributed by atoms with Crippen molar-refractivity contribution in [2.24, 2.45) is 4.99 Å². The quantitative estimate of drug-likeness (QED) is 0.528. The van der Waals surface area contributed by atoms with Crippen molar-refractivity contribution in [1.82, 2.24) is 10.3 Å². The lowest BCUT2D eigenvalue weighted by Crippen LogP contribution is -2.19. The number of esters is 1. The molecule has 0 atom stereocenters. The van der Waals surface area contributed by atoms with Gasteiger partial charge in [0.25, 0.3) is 5.91 Å². The van der Waals surface area contributed by atoms with E-state index < -0.39 is 5.97 Å². The van der Waals surface area contributed by atoms with Crippen LogP contribution in [-0.2, 0) is 9.53 Å². The molecule has 1 amide bonds. The van der Waals surface area contributed by atoms with Gasteiger partial charge in [-0.3, -0.25) is 4.79 Å². The number of amides is 1. The van der Waals surface area contributed by atoms with Crippen molar-refractivity contribution in [2.45, 2.75) is 13.8 Å². The molecule has 0 saturated carbocycles. The highest BCUT2D eigenvalue weighted by atomic mass is 32.2. The minimum absolute atomic E-state index is 0.0722. The molecule has 1 aliphatic heterocycles. The van der Waals surface area contributed by atoms with E-state index in [1.54, 1.807) is 13.8 Å². The van der Waals surface area contributed by atoms with E-state index in [9.17, 15) is 19.8 Å². The monoisotopic (exact) mass is 405 g/mol. The smallest absolute Gasteiger partial charge is 0.350 e. The normalized spacial score (nSPS) is 16.7. The number of phenolic OH excluding ortho intramolecular Hbond substituents is 2. The Balaban J connectivity index is 1.82. The van der Waals surface area contributed by atoms with Crippen molar-refractivity contribution in [3.05, 3.63) is 39.2 Å². The number of aryl methyl sites for hydroxylation is 1. The molecule has 0 spiro atoms. The third kappa shape index (κ3) is 4.29. The predicted molar refractivity (Wildman–Crippen MR) is 103 cm³/mol. The van der Waals surface area contributed by atoms with Gasteiger partial charge in [-0.05, 0) is 43.8 Å². The average Bonchev–Trinajstić information content (AvgIpc) is 3.13. The molecule has 3 rings (SSSR count). The molecular formula is C17H15N3O5S2. The highest BCUT2D eigenvalue weighted by Gasteiger charge is 2.25. The van der Waals surface area contributed by atoms with E-state index in [0.29, 0.717) is 31.3 Å². The second-order valence-corrected chi connectivity index (χ2v) is 7.36. The highest BCUT2D eigenvalue weighted by molar-refractivity contribution is 8.18. The molecule has 0 aliphatic carbocycles. The number of benzene rings is 1. The summed E-state index contributed by atoms with van der Waals surface area (Å²) in [6.45, 7) is 3.68. The van der Waals surface area contributed by atoms with Crippen LogP contribution in [-0.4, -0.2) is 38.8 Å². The van der Waals surface area contributed by atoms with E-state index in [2.05, 4.69) is 15.3 Å². The van der Waals surface area contributed by atoms with Gasteiger partial charge in [-0.1, -0.05) is 11.3 Å². The Labute approximate surface area is 162 Å². The summed E-state index contributed by atoms with van der Waals surface area (Å²) in [5, 5.41) is 22.4. The van der Waals surface area contributed by atoms with Crippen LogP contribution in [0, 0.1) is 6.92 Å². The maximum atomic E-state index is 12.1. The summed E-state index contributed by atoms with van der Waals surface area (Å²) in [6, 6.07) is 4.10. The number of thiazole rings is 1. The van der Waals surface area contributed by atoms with Crippen LogP contribution < -0.4 is 5.32 Å². The van der Waals surface area contributed by atoms with Crippen LogP contribution in [0.15, 0.2) is 28.1 Å². The number of nitrogens with zero attached hydrogens (tertiary/aromatic N) is 2. The fourth-order valence-corrected chi connectivity index (χ4v) is 3.89. The number of carbonyl (C=O) groups is 2. The Hall–Kier alpha value is -2.85. The van der Waals surface area contributed by atoms with Gasteiger partial charge in [0.05, 0.1) is 17.2 Å². The molecule has 2 heterocycles. The number of aromatic hydroxyl groups is 2. The fourth-order valence-electron chi connectivity index (χ4n) is 2.18. The van der Waals surface area contributed by atoms with E-state index >= 15 is 0 Å². The molecule has 10 heteroatoms. The zero-order chi connectivity index (χ0) is 19.6. The first kappa shape index (κ1) is 18.9. The molecule has 1 saturated heterocycles. The van der Waals surface area contributed by atoms with Crippen molar-refractivity contribution < 1.29 is 24.5 Å². The number of ether oxygens (including phenoxy) is 1. The van der Waals surface area contributed by atoms with E-state index in [0.717, 1.165) is 23.1 Å². The number of amidine groups is 1. The van der Waals surface area contributed by atoms with Gasteiger partial charge >= 0.3 is 5.97 Å². The Morgan fingerprint density at radius 1 is 1.41 bits per heavy atom. The summed E-state index contributed by atoms with van der Waals surface area (Å²) in [5.74, 6) is -1.04. The van der Waals surface area contributed by atoms with Crippen LogP contribution in [0.4, 0.5) is 5.13 Å². The molecule has 1 fully saturated rings. The van der Waals surface area contributed by atoms with Gasteiger partial charge < -0.3 is 20.3 Å². The van der Waals surface area contributed by atoms with Crippen LogP contribution in [0.25, 0.3) is 6.08 Å².